The standard InChI is InChI=1S/C25H27ClN2.2ClH/c1-20-6-5-7-21(18-20)19-27-14-16-28(17-15-27)25(22-8-3-2-4-9-22)23-10-12-24(26)13-11-23;;/h2-13,18,25H,14-17,19H2,1H3;2*1H/t25-;;/m1../s1. The van der Waals surface area contributed by atoms with Crippen molar-refractivity contribution in [3.8, 4) is 0 Å². The molecule has 0 N–H and O–H groups in total. The lowest BCUT2D eigenvalue weighted by Gasteiger charge is -2.40. The predicted molar refractivity (Wildman–Crippen MR) is 132 cm³/mol. The summed E-state index contributed by atoms with van der Waals surface area (Å²) in [5.74, 6) is 0. The SMILES string of the molecule is Cc1cccc(CN2CCN([C@H](c3ccccc3)c3ccc(Cl)cc3)CC2)c1.Cl.Cl. The third-order valence-corrected chi connectivity index (χ3v) is 5.81. The van der Waals surface area contributed by atoms with Gasteiger partial charge in [0.05, 0.1) is 6.04 Å². The van der Waals surface area contributed by atoms with Crippen LogP contribution >= 0.6 is 36.4 Å². The Balaban J connectivity index is 0.00000160. The Morgan fingerprint density at radius 3 is 2.03 bits per heavy atom. The van der Waals surface area contributed by atoms with E-state index in [2.05, 4.69) is 83.5 Å². The van der Waals surface area contributed by atoms with E-state index in [4.69, 9.17) is 11.6 Å². The van der Waals surface area contributed by atoms with Gasteiger partial charge in [0.2, 0.25) is 0 Å². The van der Waals surface area contributed by atoms with Crippen molar-refractivity contribution in [2.75, 3.05) is 26.2 Å². The number of nitrogens with zero attached hydrogens (tertiary/aromatic N) is 2. The first-order valence-corrected chi connectivity index (χ1v) is 10.4. The highest BCUT2D eigenvalue weighted by Crippen LogP contribution is 2.30. The molecule has 1 fully saturated rings. The van der Waals surface area contributed by atoms with E-state index in [1.807, 2.05) is 12.1 Å². The van der Waals surface area contributed by atoms with Gasteiger partial charge in [-0.25, -0.2) is 0 Å². The Morgan fingerprint density at radius 1 is 0.767 bits per heavy atom. The van der Waals surface area contributed by atoms with Gasteiger partial charge in [0.25, 0.3) is 0 Å². The average molecular weight is 464 g/mol. The molecule has 0 saturated carbocycles. The van der Waals surface area contributed by atoms with E-state index in [-0.39, 0.29) is 30.9 Å². The second kappa shape index (κ2) is 11.7. The van der Waals surface area contributed by atoms with E-state index in [9.17, 15) is 0 Å². The van der Waals surface area contributed by atoms with Crippen LogP contribution in [0.1, 0.15) is 28.3 Å². The Bertz CT molecular complexity index is 892. The summed E-state index contributed by atoms with van der Waals surface area (Å²) >= 11 is 6.14. The lowest BCUT2D eigenvalue weighted by molar-refractivity contribution is 0.105. The van der Waals surface area contributed by atoms with Crippen LogP contribution in [-0.2, 0) is 6.54 Å². The van der Waals surface area contributed by atoms with Crippen molar-refractivity contribution >= 4 is 36.4 Å². The highest BCUT2D eigenvalue weighted by atomic mass is 35.5. The molecule has 0 aromatic heterocycles. The molecule has 30 heavy (non-hydrogen) atoms. The fourth-order valence-electron chi connectivity index (χ4n) is 4.14. The quantitative estimate of drug-likeness (QED) is 0.432. The average Bonchev–Trinajstić information content (AvgIpc) is 2.72. The molecule has 0 aliphatic carbocycles. The van der Waals surface area contributed by atoms with Crippen LogP contribution in [0.4, 0.5) is 0 Å². The molecule has 2 nitrogen and oxygen atoms in total. The number of hydrogen-bond donors (Lipinski definition) is 0. The van der Waals surface area contributed by atoms with Gasteiger partial charge in [0.1, 0.15) is 0 Å². The van der Waals surface area contributed by atoms with Gasteiger partial charge in [-0.2, -0.15) is 0 Å². The largest absolute Gasteiger partial charge is 0.297 e. The minimum Gasteiger partial charge on any atom is -0.297 e. The second-order valence-electron chi connectivity index (χ2n) is 7.67. The van der Waals surface area contributed by atoms with Gasteiger partial charge in [0.15, 0.2) is 0 Å². The van der Waals surface area contributed by atoms with Gasteiger partial charge >= 0.3 is 0 Å². The fraction of sp³-hybridized carbons (Fsp3) is 0.280. The zero-order valence-corrected chi connectivity index (χ0v) is 19.6. The van der Waals surface area contributed by atoms with Crippen LogP contribution in [0.2, 0.25) is 5.02 Å². The summed E-state index contributed by atoms with van der Waals surface area (Å²) < 4.78 is 0. The van der Waals surface area contributed by atoms with Crippen LogP contribution in [0.3, 0.4) is 0 Å². The van der Waals surface area contributed by atoms with Crippen molar-refractivity contribution in [2.24, 2.45) is 0 Å². The zero-order chi connectivity index (χ0) is 19.3. The molecule has 160 valence electrons. The molecule has 0 unspecified atom stereocenters. The second-order valence-corrected chi connectivity index (χ2v) is 8.10. The first-order valence-electron chi connectivity index (χ1n) is 10.0. The molecule has 0 amide bonds. The summed E-state index contributed by atoms with van der Waals surface area (Å²) in [7, 11) is 0. The molecule has 1 saturated heterocycles. The van der Waals surface area contributed by atoms with Crippen LogP contribution in [0.15, 0.2) is 78.9 Å². The van der Waals surface area contributed by atoms with E-state index in [0.717, 1.165) is 37.7 Å². The van der Waals surface area contributed by atoms with Crippen molar-refractivity contribution in [1.29, 1.82) is 0 Å². The van der Waals surface area contributed by atoms with E-state index in [1.54, 1.807) is 0 Å². The topological polar surface area (TPSA) is 6.48 Å². The maximum Gasteiger partial charge on any atom is 0.0602 e. The van der Waals surface area contributed by atoms with Gasteiger partial charge in [-0.15, -0.1) is 24.8 Å². The molecule has 3 aromatic rings. The van der Waals surface area contributed by atoms with E-state index in [0.29, 0.717) is 0 Å². The number of hydrogen-bond acceptors (Lipinski definition) is 2. The highest BCUT2D eigenvalue weighted by Gasteiger charge is 2.26. The van der Waals surface area contributed by atoms with Gasteiger partial charge in [-0.1, -0.05) is 83.9 Å². The number of benzene rings is 3. The van der Waals surface area contributed by atoms with Gasteiger partial charge in [0, 0.05) is 37.7 Å². The van der Waals surface area contributed by atoms with E-state index < -0.39 is 0 Å². The molecule has 1 aliphatic rings. The molecule has 1 aliphatic heterocycles. The molecule has 1 atom stereocenters. The first-order chi connectivity index (χ1) is 13.7. The third kappa shape index (κ3) is 6.23. The number of rotatable bonds is 5. The molecule has 0 spiro atoms. The molecule has 4 rings (SSSR count). The van der Waals surface area contributed by atoms with Crippen LogP contribution in [-0.4, -0.2) is 36.0 Å². The Hall–Kier alpha value is -1.55. The van der Waals surface area contributed by atoms with Crippen molar-refractivity contribution in [3.63, 3.8) is 0 Å². The van der Waals surface area contributed by atoms with E-state index in [1.165, 1.54) is 22.3 Å². The maximum atomic E-state index is 6.14. The van der Waals surface area contributed by atoms with Crippen molar-refractivity contribution in [1.82, 2.24) is 9.80 Å². The summed E-state index contributed by atoms with van der Waals surface area (Å²) in [6.07, 6.45) is 0. The smallest absolute Gasteiger partial charge is 0.0602 e. The number of piperazine rings is 1. The Labute approximate surface area is 197 Å². The van der Waals surface area contributed by atoms with Crippen molar-refractivity contribution in [3.05, 3.63) is 106 Å². The molecule has 5 heteroatoms. The lowest BCUT2D eigenvalue weighted by atomic mass is 9.96. The summed E-state index contributed by atoms with van der Waals surface area (Å²) in [4.78, 5) is 5.17. The van der Waals surface area contributed by atoms with E-state index >= 15 is 0 Å². The number of halogens is 3. The minimum atomic E-state index is 0. The summed E-state index contributed by atoms with van der Waals surface area (Å²) in [6.45, 7) is 7.50. The van der Waals surface area contributed by atoms with Crippen molar-refractivity contribution < 1.29 is 0 Å². The monoisotopic (exact) mass is 462 g/mol. The van der Waals surface area contributed by atoms with Gasteiger partial charge < -0.3 is 0 Å². The normalized spacial score (nSPS) is 15.7. The summed E-state index contributed by atoms with van der Waals surface area (Å²) in [5.41, 5.74) is 5.40. The van der Waals surface area contributed by atoms with Crippen LogP contribution in [0.25, 0.3) is 0 Å². The molecule has 3 aromatic carbocycles. The fourth-order valence-corrected chi connectivity index (χ4v) is 4.27. The third-order valence-electron chi connectivity index (χ3n) is 5.56. The minimum absolute atomic E-state index is 0. The van der Waals surface area contributed by atoms with Gasteiger partial charge in [-0.3, -0.25) is 9.80 Å². The summed E-state index contributed by atoms with van der Waals surface area (Å²) in [5, 5.41) is 0.790. The zero-order valence-electron chi connectivity index (χ0n) is 17.2. The molecular formula is C25H29Cl3N2. The molecule has 1 heterocycles. The molecular weight excluding hydrogens is 435 g/mol. The molecule has 0 radical (unpaired) electrons. The summed E-state index contributed by atoms with van der Waals surface area (Å²) in [6, 6.07) is 28.3. The number of aryl methyl sites for hydroxylation is 1. The van der Waals surface area contributed by atoms with Crippen LogP contribution in [0.5, 0.6) is 0 Å². The van der Waals surface area contributed by atoms with Crippen LogP contribution < -0.4 is 0 Å². The molecule has 0 bridgehead atoms. The van der Waals surface area contributed by atoms with Crippen LogP contribution in [0, 0.1) is 6.92 Å². The van der Waals surface area contributed by atoms with Crippen molar-refractivity contribution in [2.45, 2.75) is 19.5 Å². The Morgan fingerprint density at radius 2 is 1.40 bits per heavy atom. The Kier molecular flexibility index (Phi) is 9.67. The maximum absolute atomic E-state index is 6.14. The highest BCUT2D eigenvalue weighted by molar-refractivity contribution is 6.30. The van der Waals surface area contributed by atoms with Gasteiger partial charge in [-0.05, 0) is 35.7 Å². The first kappa shape index (κ1) is 24.7. The predicted octanol–water partition coefficient (Wildman–Crippen LogP) is 6.40. The lowest BCUT2D eigenvalue weighted by Crippen LogP contribution is -2.47.